The minimum absolute atomic E-state index is 0.166. The van der Waals surface area contributed by atoms with E-state index in [0.29, 0.717) is 41.9 Å². The Morgan fingerprint density at radius 1 is 1.00 bits per heavy atom. The van der Waals surface area contributed by atoms with Crippen molar-refractivity contribution in [2.75, 3.05) is 32.8 Å². The second kappa shape index (κ2) is 7.15. The molecule has 138 valence electrons. The zero-order chi connectivity index (χ0) is 18.7. The van der Waals surface area contributed by atoms with Crippen molar-refractivity contribution in [1.82, 2.24) is 0 Å². The van der Waals surface area contributed by atoms with Crippen molar-refractivity contribution < 1.29 is 23.7 Å². The third-order valence-electron chi connectivity index (χ3n) is 4.49. The predicted octanol–water partition coefficient (Wildman–Crippen LogP) is 3.39. The van der Waals surface area contributed by atoms with Crippen molar-refractivity contribution >= 4 is 11.6 Å². The molecular weight excluding hydrogens is 334 g/mol. The highest BCUT2D eigenvalue weighted by atomic mass is 16.6. The molecule has 26 heavy (non-hydrogen) atoms. The van der Waals surface area contributed by atoms with Gasteiger partial charge in [0.25, 0.3) is 0 Å². The van der Waals surface area contributed by atoms with Gasteiger partial charge in [-0.25, -0.2) is 0 Å². The molecule has 0 radical (unpaired) electrons. The molecule has 6 heteroatoms. The molecule has 0 unspecified atom stereocenters. The van der Waals surface area contributed by atoms with Gasteiger partial charge >= 0.3 is 0 Å². The average molecular weight is 357 g/mol. The summed E-state index contributed by atoms with van der Waals surface area (Å²) in [5, 5.41) is 2.94. The normalized spacial score (nSPS) is 13.1. The molecule has 0 fully saturated rings. The molecule has 0 saturated heterocycles. The highest BCUT2D eigenvalue weighted by Gasteiger charge is 2.32. The number of anilines is 1. The Kier molecular flexibility index (Phi) is 4.93. The Balaban J connectivity index is 1.87. The molecule has 0 spiro atoms. The maximum absolute atomic E-state index is 13.0. The quantitative estimate of drug-likeness (QED) is 0.888. The number of hydrogen-bond acceptors (Lipinski definition) is 5. The maximum Gasteiger partial charge on any atom is 0.234 e. The van der Waals surface area contributed by atoms with Crippen molar-refractivity contribution in [3.8, 4) is 23.0 Å². The van der Waals surface area contributed by atoms with Gasteiger partial charge in [-0.15, -0.1) is 0 Å². The van der Waals surface area contributed by atoms with E-state index in [-0.39, 0.29) is 5.91 Å². The third kappa shape index (κ3) is 3.40. The molecule has 2 aromatic carbocycles. The van der Waals surface area contributed by atoms with E-state index < -0.39 is 5.41 Å². The van der Waals surface area contributed by atoms with Gasteiger partial charge in [0, 0.05) is 6.07 Å². The van der Waals surface area contributed by atoms with Gasteiger partial charge in [0.2, 0.25) is 5.91 Å². The zero-order valence-electron chi connectivity index (χ0n) is 15.4. The molecule has 3 rings (SSSR count). The lowest BCUT2D eigenvalue weighted by Gasteiger charge is -2.27. The van der Waals surface area contributed by atoms with Crippen LogP contribution in [0.15, 0.2) is 36.4 Å². The Morgan fingerprint density at radius 3 is 2.42 bits per heavy atom. The van der Waals surface area contributed by atoms with Crippen LogP contribution in [0.5, 0.6) is 23.0 Å². The third-order valence-corrected chi connectivity index (χ3v) is 4.49. The van der Waals surface area contributed by atoms with Crippen LogP contribution in [0.4, 0.5) is 5.69 Å². The van der Waals surface area contributed by atoms with Gasteiger partial charge in [-0.2, -0.15) is 0 Å². The first-order valence-corrected chi connectivity index (χ1v) is 8.39. The van der Waals surface area contributed by atoms with Gasteiger partial charge < -0.3 is 24.3 Å². The Morgan fingerprint density at radius 2 is 1.73 bits per heavy atom. The van der Waals surface area contributed by atoms with Crippen LogP contribution >= 0.6 is 0 Å². The summed E-state index contributed by atoms with van der Waals surface area (Å²) in [5.74, 6) is 2.40. The summed E-state index contributed by atoms with van der Waals surface area (Å²) in [7, 11) is 3.13. The topological polar surface area (TPSA) is 66.0 Å². The molecule has 1 heterocycles. The van der Waals surface area contributed by atoms with Gasteiger partial charge in [0.1, 0.15) is 24.7 Å². The van der Waals surface area contributed by atoms with Crippen LogP contribution in [0.2, 0.25) is 0 Å². The van der Waals surface area contributed by atoms with E-state index in [0.717, 1.165) is 5.56 Å². The summed E-state index contributed by atoms with van der Waals surface area (Å²) in [6.45, 7) is 4.76. The fourth-order valence-corrected chi connectivity index (χ4v) is 2.75. The summed E-state index contributed by atoms with van der Waals surface area (Å²) >= 11 is 0. The summed E-state index contributed by atoms with van der Waals surface area (Å²) in [4.78, 5) is 13.0. The van der Waals surface area contributed by atoms with Gasteiger partial charge in [-0.1, -0.05) is 6.07 Å². The number of carbonyl (C=O) groups is 1. The van der Waals surface area contributed by atoms with Crippen molar-refractivity contribution in [3.05, 3.63) is 42.0 Å². The Bertz CT molecular complexity index is 816. The van der Waals surface area contributed by atoms with Crippen molar-refractivity contribution in [2.24, 2.45) is 0 Å². The fraction of sp³-hybridized carbons (Fsp3) is 0.350. The van der Waals surface area contributed by atoms with E-state index in [2.05, 4.69) is 5.32 Å². The number of nitrogens with one attached hydrogen (secondary N) is 1. The Hall–Kier alpha value is -2.89. The van der Waals surface area contributed by atoms with Gasteiger partial charge in [0.05, 0.1) is 25.3 Å². The fourth-order valence-electron chi connectivity index (χ4n) is 2.75. The molecule has 0 aromatic heterocycles. The number of amides is 1. The average Bonchev–Trinajstić information content (AvgIpc) is 2.67. The van der Waals surface area contributed by atoms with Crippen molar-refractivity contribution in [2.45, 2.75) is 19.3 Å². The monoisotopic (exact) mass is 357 g/mol. The van der Waals surface area contributed by atoms with Gasteiger partial charge in [-0.3, -0.25) is 4.79 Å². The van der Waals surface area contributed by atoms with E-state index in [9.17, 15) is 4.79 Å². The predicted molar refractivity (Wildman–Crippen MR) is 98.6 cm³/mol. The minimum Gasteiger partial charge on any atom is -0.497 e. The molecule has 1 aliphatic heterocycles. The molecule has 2 aromatic rings. The molecule has 1 aliphatic rings. The number of ether oxygens (including phenoxy) is 4. The number of fused-ring (bicyclic) bond motifs is 1. The van der Waals surface area contributed by atoms with Crippen LogP contribution in [0, 0.1) is 0 Å². The molecular formula is C20H23NO5. The Labute approximate surface area is 153 Å². The largest absolute Gasteiger partial charge is 0.497 e. The van der Waals surface area contributed by atoms with E-state index in [4.69, 9.17) is 18.9 Å². The van der Waals surface area contributed by atoms with Crippen molar-refractivity contribution in [3.63, 3.8) is 0 Å². The maximum atomic E-state index is 13.0. The van der Waals surface area contributed by atoms with Crippen LogP contribution in [-0.2, 0) is 10.2 Å². The molecule has 1 N–H and O–H groups in total. The first-order valence-electron chi connectivity index (χ1n) is 8.39. The van der Waals surface area contributed by atoms with Crippen LogP contribution < -0.4 is 24.3 Å². The molecule has 1 amide bonds. The standard InChI is InChI=1S/C20H23NO5/c1-20(2,13-5-7-17-18(11-13)26-10-9-25-17)19(22)21-15-12-14(23-3)6-8-16(15)24-4/h5-8,11-12H,9-10H2,1-4H3,(H,21,22). The van der Waals surface area contributed by atoms with Crippen LogP contribution in [0.3, 0.4) is 0 Å². The SMILES string of the molecule is COc1ccc(OC)c(NC(=O)C(C)(C)c2ccc3c(c2)OCCO3)c1. The number of methoxy groups -OCH3 is 2. The molecule has 6 nitrogen and oxygen atoms in total. The van der Waals surface area contributed by atoms with Crippen LogP contribution in [-0.4, -0.2) is 33.3 Å². The van der Waals surface area contributed by atoms with Crippen LogP contribution in [0.1, 0.15) is 19.4 Å². The first-order chi connectivity index (χ1) is 12.5. The highest BCUT2D eigenvalue weighted by molar-refractivity contribution is 5.99. The number of rotatable bonds is 5. The van der Waals surface area contributed by atoms with E-state index in [1.807, 2.05) is 32.0 Å². The van der Waals surface area contributed by atoms with E-state index in [1.54, 1.807) is 32.4 Å². The summed E-state index contributed by atoms with van der Waals surface area (Å²) in [6.07, 6.45) is 0. The lowest BCUT2D eigenvalue weighted by molar-refractivity contribution is -0.120. The first kappa shape index (κ1) is 17.9. The molecule has 0 aliphatic carbocycles. The smallest absolute Gasteiger partial charge is 0.234 e. The lowest BCUT2D eigenvalue weighted by atomic mass is 9.83. The van der Waals surface area contributed by atoms with Gasteiger partial charge in [-0.05, 0) is 43.7 Å². The summed E-state index contributed by atoms with van der Waals surface area (Å²) < 4.78 is 21.7. The number of carbonyl (C=O) groups excluding carboxylic acids is 1. The molecule has 0 bridgehead atoms. The molecule has 0 saturated carbocycles. The van der Waals surface area contributed by atoms with Crippen molar-refractivity contribution in [1.29, 1.82) is 0 Å². The minimum atomic E-state index is -0.788. The highest BCUT2D eigenvalue weighted by Crippen LogP contribution is 2.36. The van der Waals surface area contributed by atoms with Gasteiger partial charge in [0.15, 0.2) is 11.5 Å². The molecule has 0 atom stereocenters. The summed E-state index contributed by atoms with van der Waals surface area (Å²) in [5.41, 5.74) is 0.604. The lowest BCUT2D eigenvalue weighted by Crippen LogP contribution is -2.35. The summed E-state index contributed by atoms with van der Waals surface area (Å²) in [6, 6.07) is 10.8. The second-order valence-electron chi connectivity index (χ2n) is 6.50. The van der Waals surface area contributed by atoms with E-state index in [1.165, 1.54) is 0 Å². The van der Waals surface area contributed by atoms with E-state index >= 15 is 0 Å². The second-order valence-corrected chi connectivity index (χ2v) is 6.50. The number of hydrogen-bond donors (Lipinski definition) is 1. The zero-order valence-corrected chi connectivity index (χ0v) is 15.4. The number of benzene rings is 2. The van der Waals surface area contributed by atoms with Crippen LogP contribution in [0.25, 0.3) is 0 Å².